The van der Waals surface area contributed by atoms with Crippen molar-refractivity contribution in [3.05, 3.63) is 18.0 Å². The van der Waals surface area contributed by atoms with E-state index in [1.165, 1.54) is 16.9 Å². The Balaban J connectivity index is 2.15. The van der Waals surface area contributed by atoms with Crippen LogP contribution in [-0.2, 0) is 6.54 Å². The Kier molecular flexibility index (Phi) is 2.19. The summed E-state index contributed by atoms with van der Waals surface area (Å²) in [5, 5.41) is 21.5. The van der Waals surface area contributed by atoms with E-state index in [1.54, 1.807) is 0 Å². The summed E-state index contributed by atoms with van der Waals surface area (Å²) < 4.78 is 1.48. The van der Waals surface area contributed by atoms with Crippen LogP contribution in [0.15, 0.2) is 12.3 Å². The zero-order chi connectivity index (χ0) is 10.9. The van der Waals surface area contributed by atoms with Gasteiger partial charge in [0.25, 0.3) is 0 Å². The second-order valence-corrected chi connectivity index (χ2v) is 4.01. The van der Waals surface area contributed by atoms with Crippen molar-refractivity contribution in [1.82, 2.24) is 9.78 Å². The third-order valence-corrected chi connectivity index (χ3v) is 2.83. The third-order valence-electron chi connectivity index (χ3n) is 2.83. The monoisotopic (exact) mass is 205 g/mol. The largest absolute Gasteiger partial charge is 0.477 e. The fourth-order valence-electron chi connectivity index (χ4n) is 1.69. The number of carbonyl (C=O) groups is 1. The van der Waals surface area contributed by atoms with Crippen LogP contribution in [-0.4, -0.2) is 20.9 Å². The van der Waals surface area contributed by atoms with Gasteiger partial charge in [0.15, 0.2) is 0 Å². The Morgan fingerprint density at radius 3 is 3.00 bits per heavy atom. The number of carboxylic acid groups (broad SMARTS) is 1. The smallest absolute Gasteiger partial charge is 0.354 e. The summed E-state index contributed by atoms with van der Waals surface area (Å²) in [5.74, 6) is -0.972. The normalized spacial score (nSPS) is 17.0. The van der Waals surface area contributed by atoms with Gasteiger partial charge in [0.1, 0.15) is 5.69 Å². The van der Waals surface area contributed by atoms with E-state index in [0.29, 0.717) is 13.0 Å². The molecule has 78 valence electrons. The van der Waals surface area contributed by atoms with Crippen molar-refractivity contribution in [2.45, 2.75) is 25.8 Å². The van der Waals surface area contributed by atoms with Crippen LogP contribution in [0.25, 0.3) is 0 Å². The molecule has 15 heavy (non-hydrogen) atoms. The van der Waals surface area contributed by atoms with Gasteiger partial charge in [0.05, 0.1) is 6.07 Å². The highest BCUT2D eigenvalue weighted by atomic mass is 16.4. The highest BCUT2D eigenvalue weighted by molar-refractivity contribution is 5.85. The highest BCUT2D eigenvalue weighted by Gasteiger charge is 2.43. The fraction of sp³-hybridized carbons (Fsp3) is 0.500. The molecule has 1 fully saturated rings. The number of aromatic nitrogens is 2. The zero-order valence-electron chi connectivity index (χ0n) is 8.18. The first-order valence-electron chi connectivity index (χ1n) is 4.79. The Morgan fingerprint density at radius 1 is 1.73 bits per heavy atom. The molecule has 0 spiro atoms. The van der Waals surface area contributed by atoms with E-state index in [-0.39, 0.29) is 11.1 Å². The minimum Gasteiger partial charge on any atom is -0.477 e. The number of hydrogen-bond donors (Lipinski definition) is 1. The van der Waals surface area contributed by atoms with E-state index in [2.05, 4.69) is 11.2 Å². The molecule has 1 aliphatic carbocycles. The zero-order valence-corrected chi connectivity index (χ0v) is 8.18. The lowest BCUT2D eigenvalue weighted by Crippen LogP contribution is -2.17. The summed E-state index contributed by atoms with van der Waals surface area (Å²) >= 11 is 0. The van der Waals surface area contributed by atoms with Crippen LogP contribution in [0.5, 0.6) is 0 Å². The first-order valence-corrected chi connectivity index (χ1v) is 4.79. The van der Waals surface area contributed by atoms with Gasteiger partial charge in [0, 0.05) is 24.6 Å². The van der Waals surface area contributed by atoms with E-state index in [0.717, 1.165) is 12.8 Å². The fourth-order valence-corrected chi connectivity index (χ4v) is 1.69. The average molecular weight is 205 g/mol. The Hall–Kier alpha value is -1.83. The number of aromatic carboxylic acids is 1. The molecule has 0 radical (unpaired) electrons. The molecular formula is C10H11N3O2. The molecule has 0 unspecified atom stereocenters. The molecular weight excluding hydrogens is 194 g/mol. The molecule has 1 aliphatic rings. The van der Waals surface area contributed by atoms with Crippen molar-refractivity contribution < 1.29 is 9.90 Å². The predicted molar refractivity (Wildman–Crippen MR) is 51.1 cm³/mol. The summed E-state index contributed by atoms with van der Waals surface area (Å²) in [5.41, 5.74) is 0.171. The molecule has 0 aromatic carbocycles. The summed E-state index contributed by atoms with van der Waals surface area (Å²) in [6.45, 7) is 0.537. The second-order valence-electron chi connectivity index (χ2n) is 4.01. The van der Waals surface area contributed by atoms with Crippen molar-refractivity contribution in [3.63, 3.8) is 0 Å². The molecule has 0 bridgehead atoms. The molecule has 1 N–H and O–H groups in total. The summed E-state index contributed by atoms with van der Waals surface area (Å²) in [7, 11) is 0. The quantitative estimate of drug-likeness (QED) is 0.802. The van der Waals surface area contributed by atoms with Crippen LogP contribution in [0.4, 0.5) is 0 Å². The molecule has 0 amide bonds. The van der Waals surface area contributed by atoms with Gasteiger partial charge >= 0.3 is 5.97 Å². The van der Waals surface area contributed by atoms with Gasteiger partial charge in [-0.1, -0.05) is 0 Å². The maximum atomic E-state index is 10.8. The van der Waals surface area contributed by atoms with Crippen molar-refractivity contribution >= 4 is 5.97 Å². The topological polar surface area (TPSA) is 78.9 Å². The number of nitriles is 1. The molecule has 0 saturated heterocycles. The van der Waals surface area contributed by atoms with Crippen molar-refractivity contribution in [2.24, 2.45) is 5.41 Å². The lowest BCUT2D eigenvalue weighted by molar-refractivity contribution is 0.0681. The number of nitrogens with zero attached hydrogens (tertiary/aromatic N) is 3. The van der Waals surface area contributed by atoms with Crippen molar-refractivity contribution in [1.29, 1.82) is 5.26 Å². The Labute approximate surface area is 86.9 Å². The van der Waals surface area contributed by atoms with E-state index in [1.807, 2.05) is 0 Å². The summed E-state index contributed by atoms with van der Waals surface area (Å²) in [6, 6.07) is 3.62. The summed E-state index contributed by atoms with van der Waals surface area (Å²) in [6.07, 6.45) is 3.93. The van der Waals surface area contributed by atoms with E-state index in [4.69, 9.17) is 10.4 Å². The minimum absolute atomic E-state index is 0.0228. The van der Waals surface area contributed by atoms with Crippen LogP contribution >= 0.6 is 0 Å². The van der Waals surface area contributed by atoms with E-state index in [9.17, 15) is 4.79 Å². The van der Waals surface area contributed by atoms with Gasteiger partial charge in [0.2, 0.25) is 0 Å². The third kappa shape index (κ3) is 1.84. The van der Waals surface area contributed by atoms with Crippen molar-refractivity contribution in [3.8, 4) is 6.07 Å². The van der Waals surface area contributed by atoms with Crippen LogP contribution < -0.4 is 0 Å². The average Bonchev–Trinajstić information content (AvgIpc) is 2.77. The second kappa shape index (κ2) is 3.39. The van der Waals surface area contributed by atoms with Crippen LogP contribution in [0.1, 0.15) is 29.8 Å². The molecule has 5 heteroatoms. The van der Waals surface area contributed by atoms with E-state index < -0.39 is 5.97 Å². The predicted octanol–water partition coefficient (Wildman–Crippen LogP) is 1.28. The highest BCUT2D eigenvalue weighted by Crippen LogP contribution is 2.49. The molecule has 1 saturated carbocycles. The molecule has 2 rings (SSSR count). The maximum Gasteiger partial charge on any atom is 0.354 e. The SMILES string of the molecule is N#CCC1(Cn2nccc2C(=O)O)CC1. The van der Waals surface area contributed by atoms with Crippen LogP contribution in [0, 0.1) is 16.7 Å². The minimum atomic E-state index is -0.972. The Morgan fingerprint density at radius 2 is 2.47 bits per heavy atom. The number of hydrogen-bond acceptors (Lipinski definition) is 3. The summed E-state index contributed by atoms with van der Waals surface area (Å²) in [4.78, 5) is 10.8. The van der Waals surface area contributed by atoms with Gasteiger partial charge < -0.3 is 5.11 Å². The maximum absolute atomic E-state index is 10.8. The molecule has 0 aliphatic heterocycles. The van der Waals surface area contributed by atoms with E-state index >= 15 is 0 Å². The van der Waals surface area contributed by atoms with Gasteiger partial charge in [-0.25, -0.2) is 4.79 Å². The van der Waals surface area contributed by atoms with Crippen LogP contribution in [0.2, 0.25) is 0 Å². The molecule has 1 heterocycles. The number of rotatable bonds is 4. The molecule has 1 aromatic rings. The van der Waals surface area contributed by atoms with Gasteiger partial charge in [-0.3, -0.25) is 4.68 Å². The van der Waals surface area contributed by atoms with Crippen LogP contribution in [0.3, 0.4) is 0 Å². The Bertz CT molecular complexity index is 426. The van der Waals surface area contributed by atoms with Gasteiger partial charge in [-0.05, 0) is 18.9 Å². The van der Waals surface area contributed by atoms with Crippen molar-refractivity contribution in [2.75, 3.05) is 0 Å². The first kappa shape index (κ1) is 9.71. The molecule has 5 nitrogen and oxygen atoms in total. The molecule has 0 atom stereocenters. The van der Waals surface area contributed by atoms with Gasteiger partial charge in [-0.15, -0.1) is 0 Å². The lowest BCUT2D eigenvalue weighted by Gasteiger charge is -2.11. The standard InChI is InChI=1S/C10H11N3O2/c11-5-4-10(2-3-10)7-13-8(9(14)15)1-6-12-13/h1,6H,2-4,7H2,(H,14,15). The van der Waals surface area contributed by atoms with Gasteiger partial charge in [-0.2, -0.15) is 10.4 Å². The molecule has 1 aromatic heterocycles. The lowest BCUT2D eigenvalue weighted by atomic mass is 10.0. The number of carboxylic acids is 1. The first-order chi connectivity index (χ1) is 7.17.